The van der Waals surface area contributed by atoms with E-state index in [0.717, 1.165) is 39.7 Å². The first-order valence-corrected chi connectivity index (χ1v) is 12.4. The van der Waals surface area contributed by atoms with Crippen LogP contribution in [0.4, 0.5) is 11.5 Å². The maximum atomic E-state index is 8.92. The van der Waals surface area contributed by atoms with Crippen LogP contribution in [0.1, 0.15) is 5.56 Å². The SMILES string of the molecule is N#Cc1ccc(NCCNc2ccc(-n3ccnc3-c3ccccc3)c(-c3ccc(Cl)cc3Cl)c2)nc1. The number of imidazole rings is 1. The lowest BCUT2D eigenvalue weighted by Crippen LogP contribution is -2.14. The molecule has 0 aliphatic carbocycles. The topological polar surface area (TPSA) is 78.6 Å². The smallest absolute Gasteiger partial charge is 0.144 e. The number of nitrogens with one attached hydrogen (secondary N) is 2. The molecular formula is C29H22Cl2N6. The highest BCUT2D eigenvalue weighted by molar-refractivity contribution is 6.36. The molecular weight excluding hydrogens is 503 g/mol. The third-order valence-electron chi connectivity index (χ3n) is 5.80. The molecule has 0 radical (unpaired) electrons. The molecule has 0 spiro atoms. The molecule has 3 aromatic carbocycles. The van der Waals surface area contributed by atoms with E-state index in [0.29, 0.717) is 28.7 Å². The Morgan fingerprint density at radius 1 is 0.838 bits per heavy atom. The van der Waals surface area contributed by atoms with Gasteiger partial charge in [0.15, 0.2) is 0 Å². The highest BCUT2D eigenvalue weighted by atomic mass is 35.5. The average molecular weight is 525 g/mol. The lowest BCUT2D eigenvalue weighted by Gasteiger charge is -2.17. The van der Waals surface area contributed by atoms with Gasteiger partial charge in [0, 0.05) is 64.1 Å². The van der Waals surface area contributed by atoms with E-state index in [4.69, 9.17) is 28.5 Å². The first-order valence-electron chi connectivity index (χ1n) is 11.6. The number of anilines is 2. The standard InChI is InChI=1S/C29H22Cl2N6/c30-22-7-9-24(26(31)16-22)25-17-23(33-12-13-34-28-11-6-20(18-32)19-36-28)8-10-27(25)37-15-14-35-29(37)21-4-2-1-3-5-21/h1-11,14-17,19,33H,12-13H2,(H,34,36). The van der Waals surface area contributed by atoms with Crippen molar-refractivity contribution < 1.29 is 0 Å². The number of pyridine rings is 1. The summed E-state index contributed by atoms with van der Waals surface area (Å²) in [4.78, 5) is 8.86. The Morgan fingerprint density at radius 3 is 2.43 bits per heavy atom. The van der Waals surface area contributed by atoms with E-state index >= 15 is 0 Å². The first-order chi connectivity index (χ1) is 18.1. The summed E-state index contributed by atoms with van der Waals surface area (Å²) < 4.78 is 2.07. The number of aromatic nitrogens is 3. The van der Waals surface area contributed by atoms with E-state index in [1.807, 2.05) is 54.7 Å². The number of hydrogen-bond donors (Lipinski definition) is 2. The first kappa shape index (κ1) is 24.4. The summed E-state index contributed by atoms with van der Waals surface area (Å²) in [5.74, 6) is 1.56. The van der Waals surface area contributed by atoms with Crippen molar-refractivity contribution in [1.29, 1.82) is 5.26 Å². The fraction of sp³-hybridized carbons (Fsp3) is 0.0690. The summed E-state index contributed by atoms with van der Waals surface area (Å²) in [6.07, 6.45) is 5.30. The predicted molar refractivity (Wildman–Crippen MR) is 150 cm³/mol. The van der Waals surface area contributed by atoms with Crippen molar-refractivity contribution in [3.05, 3.63) is 113 Å². The molecule has 0 aliphatic heterocycles. The molecule has 2 N–H and O–H groups in total. The predicted octanol–water partition coefficient (Wildman–Crippen LogP) is 7.30. The van der Waals surface area contributed by atoms with Gasteiger partial charge in [-0.05, 0) is 42.5 Å². The van der Waals surface area contributed by atoms with Crippen LogP contribution in [0.25, 0.3) is 28.2 Å². The van der Waals surface area contributed by atoms with Crippen molar-refractivity contribution in [2.24, 2.45) is 0 Å². The molecule has 0 saturated heterocycles. The summed E-state index contributed by atoms with van der Waals surface area (Å²) in [6.45, 7) is 1.31. The lowest BCUT2D eigenvalue weighted by molar-refractivity contribution is 1.05. The number of nitriles is 1. The Balaban J connectivity index is 1.43. The lowest BCUT2D eigenvalue weighted by atomic mass is 10.0. The van der Waals surface area contributed by atoms with Crippen LogP contribution < -0.4 is 10.6 Å². The van der Waals surface area contributed by atoms with Crippen LogP contribution >= 0.6 is 23.2 Å². The Bertz CT molecular complexity index is 1560. The van der Waals surface area contributed by atoms with Gasteiger partial charge in [-0.1, -0.05) is 59.6 Å². The Kier molecular flexibility index (Phi) is 7.36. The molecule has 6 nitrogen and oxygen atoms in total. The highest BCUT2D eigenvalue weighted by Gasteiger charge is 2.15. The van der Waals surface area contributed by atoms with Crippen LogP contribution in [0.15, 0.2) is 97.5 Å². The normalized spacial score (nSPS) is 10.6. The van der Waals surface area contributed by atoms with E-state index in [9.17, 15) is 0 Å². The highest BCUT2D eigenvalue weighted by Crippen LogP contribution is 2.37. The minimum atomic E-state index is 0.533. The molecule has 182 valence electrons. The van der Waals surface area contributed by atoms with Gasteiger partial charge in [-0.15, -0.1) is 0 Å². The zero-order chi connectivity index (χ0) is 25.6. The molecule has 0 bridgehead atoms. The van der Waals surface area contributed by atoms with Gasteiger partial charge in [0.2, 0.25) is 0 Å². The second-order valence-electron chi connectivity index (χ2n) is 8.24. The quantitative estimate of drug-likeness (QED) is 0.208. The molecule has 0 unspecified atom stereocenters. The largest absolute Gasteiger partial charge is 0.383 e. The zero-order valence-corrected chi connectivity index (χ0v) is 21.2. The third kappa shape index (κ3) is 5.59. The molecule has 2 aromatic heterocycles. The van der Waals surface area contributed by atoms with Gasteiger partial charge in [-0.2, -0.15) is 5.26 Å². The van der Waals surface area contributed by atoms with E-state index < -0.39 is 0 Å². The van der Waals surface area contributed by atoms with E-state index in [1.165, 1.54) is 0 Å². The van der Waals surface area contributed by atoms with E-state index in [-0.39, 0.29) is 0 Å². The van der Waals surface area contributed by atoms with Gasteiger partial charge in [-0.25, -0.2) is 9.97 Å². The van der Waals surface area contributed by atoms with Crippen LogP contribution in [-0.2, 0) is 0 Å². The van der Waals surface area contributed by atoms with Crippen LogP contribution in [-0.4, -0.2) is 27.6 Å². The molecule has 5 rings (SSSR count). The van der Waals surface area contributed by atoms with Crippen LogP contribution in [0.3, 0.4) is 0 Å². The monoisotopic (exact) mass is 524 g/mol. The molecule has 5 aromatic rings. The molecule has 37 heavy (non-hydrogen) atoms. The van der Waals surface area contributed by atoms with Gasteiger partial charge in [0.25, 0.3) is 0 Å². The molecule has 0 saturated carbocycles. The van der Waals surface area contributed by atoms with Crippen molar-refractivity contribution in [3.8, 4) is 34.3 Å². The van der Waals surface area contributed by atoms with E-state index in [2.05, 4.69) is 43.4 Å². The van der Waals surface area contributed by atoms with Crippen LogP contribution in [0.5, 0.6) is 0 Å². The molecule has 0 atom stereocenters. The summed E-state index contributed by atoms with van der Waals surface area (Å²) in [5, 5.41) is 16.8. The fourth-order valence-corrected chi connectivity index (χ4v) is 4.55. The maximum absolute atomic E-state index is 8.92. The zero-order valence-electron chi connectivity index (χ0n) is 19.7. The molecule has 0 amide bonds. The number of rotatable bonds is 8. The molecule has 8 heteroatoms. The Labute approximate surface area is 225 Å². The summed E-state index contributed by atoms with van der Waals surface area (Å²) in [7, 11) is 0. The number of hydrogen-bond acceptors (Lipinski definition) is 5. The van der Waals surface area contributed by atoms with Crippen molar-refractivity contribution in [2.75, 3.05) is 23.7 Å². The average Bonchev–Trinajstić information content (AvgIpc) is 3.42. The van der Waals surface area contributed by atoms with Gasteiger partial charge in [0.1, 0.15) is 17.7 Å². The van der Waals surface area contributed by atoms with E-state index in [1.54, 1.807) is 30.6 Å². The maximum Gasteiger partial charge on any atom is 0.144 e. The minimum absolute atomic E-state index is 0.533. The van der Waals surface area contributed by atoms with Crippen molar-refractivity contribution in [1.82, 2.24) is 14.5 Å². The Morgan fingerprint density at radius 2 is 1.68 bits per heavy atom. The number of nitrogens with zero attached hydrogens (tertiary/aromatic N) is 4. The van der Waals surface area contributed by atoms with Crippen LogP contribution in [0.2, 0.25) is 10.0 Å². The third-order valence-corrected chi connectivity index (χ3v) is 6.35. The number of benzene rings is 3. The van der Waals surface area contributed by atoms with Gasteiger partial charge >= 0.3 is 0 Å². The van der Waals surface area contributed by atoms with Gasteiger partial charge in [-0.3, -0.25) is 4.57 Å². The fourth-order valence-electron chi connectivity index (χ4n) is 4.04. The van der Waals surface area contributed by atoms with Gasteiger partial charge in [0.05, 0.1) is 11.3 Å². The second-order valence-corrected chi connectivity index (χ2v) is 9.08. The Hall–Kier alpha value is -4.31. The van der Waals surface area contributed by atoms with Crippen LogP contribution in [0, 0.1) is 11.3 Å². The van der Waals surface area contributed by atoms with Crippen molar-refractivity contribution in [3.63, 3.8) is 0 Å². The molecule has 2 heterocycles. The minimum Gasteiger partial charge on any atom is -0.383 e. The molecule has 0 fully saturated rings. The number of halogens is 2. The summed E-state index contributed by atoms with van der Waals surface area (Å²) in [5.41, 5.74) is 5.27. The summed E-state index contributed by atoms with van der Waals surface area (Å²) >= 11 is 12.8. The molecule has 0 aliphatic rings. The van der Waals surface area contributed by atoms with Crippen molar-refractivity contribution in [2.45, 2.75) is 0 Å². The van der Waals surface area contributed by atoms with Gasteiger partial charge < -0.3 is 10.6 Å². The van der Waals surface area contributed by atoms with Crippen molar-refractivity contribution >= 4 is 34.7 Å². The second kappa shape index (κ2) is 11.2. The summed E-state index contributed by atoms with van der Waals surface area (Å²) in [6, 6.07) is 27.4.